The van der Waals surface area contributed by atoms with E-state index in [4.69, 9.17) is 5.73 Å². The van der Waals surface area contributed by atoms with Gasteiger partial charge in [0.1, 0.15) is 0 Å². The number of hydrazone groups is 1. The van der Waals surface area contributed by atoms with Gasteiger partial charge in [0.2, 0.25) is 0 Å². The fraction of sp³-hybridized carbons (Fsp3) is 0.0667. The normalized spacial score (nSPS) is 11.1. The van der Waals surface area contributed by atoms with Crippen LogP contribution < -0.4 is 11.2 Å². The second kappa shape index (κ2) is 5.82. The average Bonchev–Trinajstić information content (AvgIpc) is 2.46. The standard InChI is InChI=1S/C15H15N3O/c1-11(12-7-9-14(16)10-8-12)17-18-15(19)13-5-3-2-4-6-13/h2-10H,16H2,1H3,(H,18,19)/b17-11-. The van der Waals surface area contributed by atoms with Crippen molar-refractivity contribution in [2.24, 2.45) is 5.10 Å². The highest BCUT2D eigenvalue weighted by molar-refractivity contribution is 6.01. The van der Waals surface area contributed by atoms with Crippen LogP contribution in [0.5, 0.6) is 0 Å². The lowest BCUT2D eigenvalue weighted by atomic mass is 10.1. The van der Waals surface area contributed by atoms with Crippen molar-refractivity contribution < 1.29 is 4.79 Å². The van der Waals surface area contributed by atoms with E-state index in [9.17, 15) is 4.79 Å². The first-order valence-corrected chi connectivity index (χ1v) is 5.92. The Bertz CT molecular complexity index is 589. The molecule has 2 aromatic rings. The molecule has 0 aliphatic carbocycles. The molecular weight excluding hydrogens is 238 g/mol. The molecule has 96 valence electrons. The highest BCUT2D eigenvalue weighted by Gasteiger charge is 2.03. The van der Waals surface area contributed by atoms with Crippen molar-refractivity contribution in [1.29, 1.82) is 0 Å². The summed E-state index contributed by atoms with van der Waals surface area (Å²) in [6.07, 6.45) is 0. The van der Waals surface area contributed by atoms with Crippen molar-refractivity contribution in [2.75, 3.05) is 5.73 Å². The molecule has 0 saturated carbocycles. The summed E-state index contributed by atoms with van der Waals surface area (Å²) in [5.41, 5.74) is 11.1. The molecule has 0 atom stereocenters. The minimum atomic E-state index is -0.226. The maximum Gasteiger partial charge on any atom is 0.271 e. The lowest BCUT2D eigenvalue weighted by Gasteiger charge is -2.03. The Morgan fingerprint density at radius 3 is 2.26 bits per heavy atom. The predicted octanol–water partition coefficient (Wildman–Crippen LogP) is 2.42. The number of nitrogens with zero attached hydrogens (tertiary/aromatic N) is 1. The molecule has 4 nitrogen and oxygen atoms in total. The number of amides is 1. The maximum atomic E-state index is 11.8. The number of rotatable bonds is 3. The number of benzene rings is 2. The van der Waals surface area contributed by atoms with E-state index in [2.05, 4.69) is 10.5 Å². The molecule has 0 aromatic heterocycles. The Morgan fingerprint density at radius 1 is 1.00 bits per heavy atom. The summed E-state index contributed by atoms with van der Waals surface area (Å²) in [7, 11) is 0. The molecule has 0 spiro atoms. The van der Waals surface area contributed by atoms with Crippen molar-refractivity contribution in [3.63, 3.8) is 0 Å². The molecule has 2 rings (SSSR count). The van der Waals surface area contributed by atoms with Gasteiger partial charge in [-0.3, -0.25) is 4.79 Å². The van der Waals surface area contributed by atoms with Gasteiger partial charge in [0.25, 0.3) is 5.91 Å². The van der Waals surface area contributed by atoms with Gasteiger partial charge in [0.15, 0.2) is 0 Å². The van der Waals surface area contributed by atoms with E-state index in [0.717, 1.165) is 11.3 Å². The number of hydrogen-bond donors (Lipinski definition) is 2. The lowest BCUT2D eigenvalue weighted by molar-refractivity contribution is 0.0955. The third-order valence-corrected chi connectivity index (χ3v) is 2.69. The molecule has 0 aliphatic rings. The summed E-state index contributed by atoms with van der Waals surface area (Å²) < 4.78 is 0. The first-order valence-electron chi connectivity index (χ1n) is 5.92. The molecule has 0 fully saturated rings. The van der Waals surface area contributed by atoms with Crippen molar-refractivity contribution in [1.82, 2.24) is 5.43 Å². The van der Waals surface area contributed by atoms with E-state index in [-0.39, 0.29) is 5.91 Å². The van der Waals surface area contributed by atoms with Crippen molar-refractivity contribution in [2.45, 2.75) is 6.92 Å². The number of hydrogen-bond acceptors (Lipinski definition) is 3. The van der Waals surface area contributed by atoms with Gasteiger partial charge in [-0.05, 0) is 36.8 Å². The van der Waals surface area contributed by atoms with Gasteiger partial charge in [-0.15, -0.1) is 0 Å². The third kappa shape index (κ3) is 3.42. The van der Waals surface area contributed by atoms with E-state index < -0.39 is 0 Å². The number of nitrogens with one attached hydrogen (secondary N) is 1. The van der Waals surface area contributed by atoms with Crippen molar-refractivity contribution in [3.05, 3.63) is 65.7 Å². The number of carbonyl (C=O) groups is 1. The molecule has 1 amide bonds. The van der Waals surface area contributed by atoms with Gasteiger partial charge < -0.3 is 5.73 Å². The molecule has 0 aliphatic heterocycles. The molecule has 4 heteroatoms. The first-order chi connectivity index (χ1) is 9.16. The van der Waals surface area contributed by atoms with Crippen molar-refractivity contribution in [3.8, 4) is 0 Å². The predicted molar refractivity (Wildman–Crippen MR) is 77.0 cm³/mol. The summed E-state index contributed by atoms with van der Waals surface area (Å²) in [6.45, 7) is 1.83. The summed E-state index contributed by atoms with van der Waals surface area (Å²) in [6, 6.07) is 16.3. The smallest absolute Gasteiger partial charge is 0.271 e. The van der Waals surface area contributed by atoms with E-state index >= 15 is 0 Å². The van der Waals surface area contributed by atoms with E-state index in [1.165, 1.54) is 0 Å². The molecule has 0 saturated heterocycles. The fourth-order valence-electron chi connectivity index (χ4n) is 1.58. The number of carbonyl (C=O) groups excluding carboxylic acids is 1. The van der Waals surface area contributed by atoms with E-state index in [0.29, 0.717) is 11.3 Å². The zero-order chi connectivity index (χ0) is 13.7. The molecule has 0 unspecified atom stereocenters. The van der Waals surface area contributed by atoms with Crippen LogP contribution >= 0.6 is 0 Å². The molecule has 0 bridgehead atoms. The molecule has 3 N–H and O–H groups in total. The Hall–Kier alpha value is -2.62. The third-order valence-electron chi connectivity index (χ3n) is 2.69. The van der Waals surface area contributed by atoms with Crippen LogP contribution in [0.1, 0.15) is 22.8 Å². The van der Waals surface area contributed by atoms with Crippen LogP contribution in [0.25, 0.3) is 0 Å². The largest absolute Gasteiger partial charge is 0.399 e. The number of anilines is 1. The monoisotopic (exact) mass is 253 g/mol. The molecular formula is C15H15N3O. The minimum absolute atomic E-state index is 0.226. The summed E-state index contributed by atoms with van der Waals surface area (Å²) in [5, 5.41) is 4.08. The van der Waals surface area contributed by atoms with Crippen LogP contribution in [0.15, 0.2) is 59.7 Å². The van der Waals surface area contributed by atoms with Gasteiger partial charge in [-0.2, -0.15) is 5.10 Å². The molecule has 0 heterocycles. The van der Waals surface area contributed by atoms with Gasteiger partial charge in [-0.1, -0.05) is 30.3 Å². The Labute approximate surface area is 112 Å². The SMILES string of the molecule is C/C(=N/NC(=O)c1ccccc1)c1ccc(N)cc1. The zero-order valence-electron chi connectivity index (χ0n) is 10.6. The summed E-state index contributed by atoms with van der Waals surface area (Å²) in [5.74, 6) is -0.226. The zero-order valence-corrected chi connectivity index (χ0v) is 10.6. The summed E-state index contributed by atoms with van der Waals surface area (Å²) in [4.78, 5) is 11.8. The van der Waals surface area contributed by atoms with Gasteiger partial charge in [0, 0.05) is 11.3 Å². The highest BCUT2D eigenvalue weighted by Crippen LogP contribution is 2.06. The summed E-state index contributed by atoms with van der Waals surface area (Å²) >= 11 is 0. The van der Waals surface area contributed by atoms with Crippen LogP contribution in [0.3, 0.4) is 0 Å². The Kier molecular flexibility index (Phi) is 3.93. The van der Waals surface area contributed by atoms with Gasteiger partial charge >= 0.3 is 0 Å². The molecule has 2 aromatic carbocycles. The van der Waals surface area contributed by atoms with Crippen LogP contribution in [-0.2, 0) is 0 Å². The van der Waals surface area contributed by atoms with Crippen molar-refractivity contribution >= 4 is 17.3 Å². The minimum Gasteiger partial charge on any atom is -0.399 e. The lowest BCUT2D eigenvalue weighted by Crippen LogP contribution is -2.19. The first kappa shape index (κ1) is 12.8. The van der Waals surface area contributed by atoms with E-state index in [1.54, 1.807) is 24.3 Å². The second-order valence-corrected chi connectivity index (χ2v) is 4.13. The maximum absolute atomic E-state index is 11.8. The van der Waals surface area contributed by atoms with Gasteiger partial charge in [0.05, 0.1) is 5.71 Å². The van der Waals surface area contributed by atoms with Crippen LogP contribution in [0.2, 0.25) is 0 Å². The topological polar surface area (TPSA) is 67.5 Å². The van der Waals surface area contributed by atoms with Gasteiger partial charge in [-0.25, -0.2) is 5.43 Å². The molecule has 19 heavy (non-hydrogen) atoms. The second-order valence-electron chi connectivity index (χ2n) is 4.13. The highest BCUT2D eigenvalue weighted by atomic mass is 16.2. The van der Waals surface area contributed by atoms with Crippen LogP contribution in [0, 0.1) is 0 Å². The van der Waals surface area contributed by atoms with Crippen LogP contribution in [-0.4, -0.2) is 11.6 Å². The Morgan fingerprint density at radius 2 is 1.63 bits per heavy atom. The fourth-order valence-corrected chi connectivity index (χ4v) is 1.58. The quantitative estimate of drug-likeness (QED) is 0.501. The number of nitrogens with two attached hydrogens (primary N) is 1. The van der Waals surface area contributed by atoms with Crippen LogP contribution in [0.4, 0.5) is 5.69 Å². The average molecular weight is 253 g/mol. The Balaban J connectivity index is 2.06. The molecule has 0 radical (unpaired) electrons. The van der Waals surface area contributed by atoms with E-state index in [1.807, 2.05) is 37.3 Å². The number of nitrogen functional groups attached to an aromatic ring is 1.